The number of carbonyl (C=O) groups is 6. The molecule has 266 valence electrons. The molecule has 5 amide bonds. The number of rotatable bonds is 12. The topological polar surface area (TPSA) is 172 Å². The van der Waals surface area contributed by atoms with E-state index >= 15 is 0 Å². The van der Waals surface area contributed by atoms with E-state index < -0.39 is 59.1 Å². The number of alkyl carbamates (subject to hydrolysis) is 2. The van der Waals surface area contributed by atoms with Gasteiger partial charge in [0.2, 0.25) is 17.6 Å². The summed E-state index contributed by atoms with van der Waals surface area (Å²) in [5.41, 5.74) is -1.59. The number of hydrogen-bond donors (Lipinski definition) is 4. The van der Waals surface area contributed by atoms with Gasteiger partial charge in [-0.1, -0.05) is 46.5 Å². The lowest BCUT2D eigenvalue weighted by atomic mass is 9.83. The summed E-state index contributed by atoms with van der Waals surface area (Å²) in [5.74, 6) is -2.59. The van der Waals surface area contributed by atoms with Crippen molar-refractivity contribution in [2.24, 2.45) is 23.2 Å². The minimum absolute atomic E-state index is 0.00728. The van der Waals surface area contributed by atoms with Crippen molar-refractivity contribution < 1.29 is 38.2 Å². The highest BCUT2D eigenvalue weighted by atomic mass is 16.6. The Morgan fingerprint density at radius 1 is 0.830 bits per heavy atom. The summed E-state index contributed by atoms with van der Waals surface area (Å²) in [6.07, 6.45) is 3.98. The van der Waals surface area contributed by atoms with Crippen LogP contribution < -0.4 is 21.3 Å². The lowest BCUT2D eigenvalue weighted by Crippen LogP contribution is -2.60. The third-order valence-electron chi connectivity index (χ3n) is 9.33. The zero-order valence-electron chi connectivity index (χ0n) is 29.7. The summed E-state index contributed by atoms with van der Waals surface area (Å²) in [6.45, 7) is 16.9. The summed E-state index contributed by atoms with van der Waals surface area (Å²) in [5, 5.41) is 10.7. The van der Waals surface area contributed by atoms with Gasteiger partial charge in [-0.25, -0.2) is 9.59 Å². The Hall–Kier alpha value is -3.38. The Labute approximate surface area is 279 Å². The summed E-state index contributed by atoms with van der Waals surface area (Å²) in [4.78, 5) is 80.5. The number of Topliss-reactive ketones (excluding diaryl/α,β-unsaturated/α-hetero) is 1. The van der Waals surface area contributed by atoms with Crippen LogP contribution in [0.1, 0.15) is 107 Å². The number of hydrogen-bond acceptors (Lipinski definition) is 8. The Morgan fingerprint density at radius 2 is 1.40 bits per heavy atom. The van der Waals surface area contributed by atoms with Gasteiger partial charge < -0.3 is 35.6 Å². The Morgan fingerprint density at radius 3 is 1.98 bits per heavy atom. The van der Waals surface area contributed by atoms with Crippen molar-refractivity contribution in [2.75, 3.05) is 19.6 Å². The van der Waals surface area contributed by atoms with E-state index in [1.807, 2.05) is 6.92 Å². The van der Waals surface area contributed by atoms with Gasteiger partial charge in [0.1, 0.15) is 23.3 Å². The average Bonchev–Trinajstić information content (AvgIpc) is 3.26. The van der Waals surface area contributed by atoms with E-state index in [1.165, 1.54) is 0 Å². The predicted octanol–water partition coefficient (Wildman–Crippen LogP) is 3.44. The van der Waals surface area contributed by atoms with Gasteiger partial charge in [-0.05, 0) is 84.0 Å². The normalized spacial score (nSPS) is 23.4. The highest BCUT2D eigenvalue weighted by Crippen LogP contribution is 2.65. The highest BCUT2D eigenvalue weighted by molar-refractivity contribution is 6.38. The van der Waals surface area contributed by atoms with E-state index in [9.17, 15) is 28.8 Å². The van der Waals surface area contributed by atoms with E-state index in [0.29, 0.717) is 13.0 Å². The second kappa shape index (κ2) is 15.2. The first kappa shape index (κ1) is 38.1. The maximum Gasteiger partial charge on any atom is 0.408 e. The molecule has 1 aliphatic heterocycles. The van der Waals surface area contributed by atoms with Crippen LogP contribution in [0.5, 0.6) is 0 Å². The van der Waals surface area contributed by atoms with Crippen molar-refractivity contribution in [2.45, 2.75) is 137 Å². The molecule has 3 aliphatic rings. The number of ether oxygens (including phenoxy) is 2. The van der Waals surface area contributed by atoms with Crippen molar-refractivity contribution in [1.82, 2.24) is 26.2 Å². The van der Waals surface area contributed by atoms with Crippen LogP contribution >= 0.6 is 0 Å². The first-order valence-electron chi connectivity index (χ1n) is 17.2. The fourth-order valence-electron chi connectivity index (χ4n) is 6.99. The van der Waals surface area contributed by atoms with Gasteiger partial charge in [-0.15, -0.1) is 0 Å². The number of amides is 5. The molecule has 13 nitrogen and oxygen atoms in total. The highest BCUT2D eigenvalue weighted by Gasteiger charge is 2.69. The van der Waals surface area contributed by atoms with Crippen LogP contribution in [0.15, 0.2) is 0 Å². The maximum absolute atomic E-state index is 14.3. The molecule has 0 radical (unpaired) electrons. The van der Waals surface area contributed by atoms with Crippen LogP contribution in [0.4, 0.5) is 9.59 Å². The number of nitrogens with zero attached hydrogens (tertiary/aromatic N) is 1. The molecule has 47 heavy (non-hydrogen) atoms. The minimum Gasteiger partial charge on any atom is -0.444 e. The van der Waals surface area contributed by atoms with Crippen molar-refractivity contribution in [3.05, 3.63) is 0 Å². The number of carbonyl (C=O) groups excluding carboxylic acids is 6. The van der Waals surface area contributed by atoms with E-state index in [4.69, 9.17) is 9.47 Å². The van der Waals surface area contributed by atoms with Gasteiger partial charge in [0.15, 0.2) is 0 Å². The van der Waals surface area contributed by atoms with Crippen molar-refractivity contribution >= 4 is 35.7 Å². The van der Waals surface area contributed by atoms with Gasteiger partial charge in [-0.3, -0.25) is 19.2 Å². The molecule has 0 aromatic heterocycles. The smallest absolute Gasteiger partial charge is 0.408 e. The summed E-state index contributed by atoms with van der Waals surface area (Å²) >= 11 is 0. The van der Waals surface area contributed by atoms with E-state index in [2.05, 4.69) is 35.1 Å². The lowest BCUT2D eigenvalue weighted by Gasteiger charge is -2.37. The van der Waals surface area contributed by atoms with Gasteiger partial charge in [0, 0.05) is 19.6 Å². The molecule has 2 saturated carbocycles. The molecule has 1 heterocycles. The third kappa shape index (κ3) is 10.3. The quantitative estimate of drug-likeness (QED) is 0.182. The molecule has 1 saturated heterocycles. The van der Waals surface area contributed by atoms with E-state index in [1.54, 1.807) is 46.4 Å². The van der Waals surface area contributed by atoms with Gasteiger partial charge >= 0.3 is 12.2 Å². The summed E-state index contributed by atoms with van der Waals surface area (Å²) in [7, 11) is 0. The fraction of sp³-hybridized carbons (Fsp3) is 0.824. The van der Waals surface area contributed by atoms with Crippen molar-refractivity contribution in [3.8, 4) is 0 Å². The number of piperidine rings is 1. The second-order valence-corrected chi connectivity index (χ2v) is 15.8. The molecule has 13 heteroatoms. The SMILES string of the molecule is CCC[C@H](NC(=O)C1C2C(CN1C(=O)C(NC(=O)OC(C)(C)C)C1CCCCC1)C2(C)C)C(=O)C(=O)NCCNC(=O)OC(C)(C)C. The maximum atomic E-state index is 14.3. The number of likely N-dealkylation sites (tertiary alicyclic amines) is 1. The molecule has 5 atom stereocenters. The fourth-order valence-corrected chi connectivity index (χ4v) is 6.99. The van der Waals surface area contributed by atoms with Crippen LogP contribution in [0.2, 0.25) is 0 Å². The molecular formula is C34H57N5O8. The van der Waals surface area contributed by atoms with Crippen molar-refractivity contribution in [3.63, 3.8) is 0 Å². The van der Waals surface area contributed by atoms with Crippen molar-refractivity contribution in [1.29, 1.82) is 0 Å². The standard InChI is InChI=1S/C34H57N5O8/c1-10-14-22(26(40)28(42)35-17-18-36-30(44)46-32(2,3)4)37-27(41)25-23-21(34(23,8)9)19-39(25)29(43)24(20-15-12-11-13-16-20)38-31(45)47-33(5,6)7/h20-25H,10-19H2,1-9H3,(H,35,42)(H,36,44)(H,37,41)(H,38,45)/t21?,22-,23?,24?,25?/m0/s1. The summed E-state index contributed by atoms with van der Waals surface area (Å²) in [6, 6.07) is -2.77. The van der Waals surface area contributed by atoms with E-state index in [-0.39, 0.29) is 48.6 Å². The Balaban J connectivity index is 1.71. The molecule has 0 spiro atoms. The number of fused-ring (bicyclic) bond motifs is 1. The lowest BCUT2D eigenvalue weighted by molar-refractivity contribution is -0.145. The monoisotopic (exact) mass is 663 g/mol. The Kier molecular flexibility index (Phi) is 12.3. The van der Waals surface area contributed by atoms with Gasteiger partial charge in [0.05, 0.1) is 6.04 Å². The first-order valence-corrected chi connectivity index (χ1v) is 17.2. The molecule has 4 unspecified atom stereocenters. The molecule has 4 N–H and O–H groups in total. The van der Waals surface area contributed by atoms with Crippen LogP contribution in [-0.2, 0) is 28.7 Å². The summed E-state index contributed by atoms with van der Waals surface area (Å²) < 4.78 is 10.7. The number of ketones is 1. The molecule has 0 bridgehead atoms. The third-order valence-corrected chi connectivity index (χ3v) is 9.33. The first-order chi connectivity index (χ1) is 21.8. The molecule has 3 fully saturated rings. The van der Waals surface area contributed by atoms with Gasteiger partial charge in [0.25, 0.3) is 5.91 Å². The average molecular weight is 664 g/mol. The predicted molar refractivity (Wildman–Crippen MR) is 175 cm³/mol. The Bertz CT molecular complexity index is 1180. The van der Waals surface area contributed by atoms with E-state index in [0.717, 1.165) is 32.1 Å². The van der Waals surface area contributed by atoms with Gasteiger partial charge in [-0.2, -0.15) is 0 Å². The minimum atomic E-state index is -1.08. The molecule has 3 rings (SSSR count). The zero-order valence-corrected chi connectivity index (χ0v) is 29.7. The zero-order chi connectivity index (χ0) is 35.3. The molecule has 2 aliphatic carbocycles. The van der Waals surface area contributed by atoms with Crippen LogP contribution in [0, 0.1) is 23.2 Å². The van der Waals surface area contributed by atoms with Crippen LogP contribution in [-0.4, -0.2) is 89.6 Å². The van der Waals surface area contributed by atoms with Crippen LogP contribution in [0.25, 0.3) is 0 Å². The molecular weight excluding hydrogens is 606 g/mol. The largest absolute Gasteiger partial charge is 0.444 e. The molecule has 0 aromatic carbocycles. The molecule has 0 aromatic rings. The number of nitrogens with one attached hydrogen (secondary N) is 4. The second-order valence-electron chi connectivity index (χ2n) is 15.8. The van der Waals surface area contributed by atoms with Crippen LogP contribution in [0.3, 0.4) is 0 Å².